The van der Waals surface area contributed by atoms with Gasteiger partial charge in [0.2, 0.25) is 11.7 Å². The first kappa shape index (κ1) is 24.9. The van der Waals surface area contributed by atoms with Crippen LogP contribution in [0.4, 0.5) is 19.1 Å². The Bertz CT molecular complexity index is 1230. The topological polar surface area (TPSA) is 129 Å². The molecule has 2 amide bonds. The van der Waals surface area contributed by atoms with Gasteiger partial charge in [-0.25, -0.2) is 9.97 Å². The van der Waals surface area contributed by atoms with Crippen molar-refractivity contribution in [2.24, 2.45) is 0 Å². The molecule has 1 atom stereocenters. The fourth-order valence-corrected chi connectivity index (χ4v) is 3.52. The predicted molar refractivity (Wildman–Crippen MR) is 116 cm³/mol. The number of halogens is 3. The lowest BCUT2D eigenvalue weighted by molar-refractivity contribution is -0.138. The maximum absolute atomic E-state index is 13.4. The molecule has 2 aromatic heterocycles. The third kappa shape index (κ3) is 5.07. The Morgan fingerprint density at radius 2 is 1.92 bits per heavy atom. The molecule has 1 aromatic carbocycles. The first-order valence-corrected chi connectivity index (χ1v) is 10.5. The second kappa shape index (κ2) is 9.81. The molecule has 11 nitrogen and oxygen atoms in total. The van der Waals surface area contributed by atoms with Gasteiger partial charge in [0.15, 0.2) is 5.75 Å². The van der Waals surface area contributed by atoms with E-state index in [1.165, 1.54) is 32.5 Å². The first-order chi connectivity index (χ1) is 17.1. The number of methoxy groups -OCH3 is 1. The van der Waals surface area contributed by atoms with Crippen molar-refractivity contribution in [1.29, 1.82) is 0 Å². The van der Waals surface area contributed by atoms with E-state index in [0.717, 1.165) is 29.4 Å². The molecule has 190 valence electrons. The van der Waals surface area contributed by atoms with Gasteiger partial charge in [0.05, 0.1) is 32.3 Å². The van der Waals surface area contributed by atoms with Crippen LogP contribution in [-0.4, -0.2) is 59.8 Å². The largest absolute Gasteiger partial charge is 0.497 e. The minimum atomic E-state index is -4.69. The highest BCUT2D eigenvalue weighted by Crippen LogP contribution is 2.40. The SMILES string of the molecule is COc1ccc(Oc2cnc(N(C)C(=O)C3(NC(=O)c4ccno4)CCOC3)nc2)c(C(F)(F)F)c1. The molecule has 36 heavy (non-hydrogen) atoms. The van der Waals surface area contributed by atoms with Gasteiger partial charge in [-0.2, -0.15) is 13.2 Å². The van der Waals surface area contributed by atoms with Crippen LogP contribution in [0, 0.1) is 0 Å². The molecule has 0 spiro atoms. The summed E-state index contributed by atoms with van der Waals surface area (Å²) in [5.74, 6) is -1.90. The number of hydrogen-bond acceptors (Lipinski definition) is 9. The van der Waals surface area contributed by atoms with E-state index in [1.54, 1.807) is 0 Å². The zero-order valence-corrected chi connectivity index (χ0v) is 19.0. The maximum atomic E-state index is 13.4. The van der Waals surface area contributed by atoms with Crippen LogP contribution >= 0.6 is 0 Å². The Kier molecular flexibility index (Phi) is 6.79. The quantitative estimate of drug-likeness (QED) is 0.513. The smallest absolute Gasteiger partial charge is 0.420 e. The number of alkyl halides is 3. The van der Waals surface area contributed by atoms with Crippen molar-refractivity contribution in [2.75, 3.05) is 32.3 Å². The summed E-state index contributed by atoms with van der Waals surface area (Å²) in [5, 5.41) is 6.10. The summed E-state index contributed by atoms with van der Waals surface area (Å²) in [4.78, 5) is 35.0. The van der Waals surface area contributed by atoms with Crippen LogP contribution in [0.3, 0.4) is 0 Å². The summed E-state index contributed by atoms with van der Waals surface area (Å²) < 4.78 is 60.7. The van der Waals surface area contributed by atoms with Crippen LogP contribution in [0.25, 0.3) is 0 Å². The van der Waals surface area contributed by atoms with E-state index in [0.29, 0.717) is 0 Å². The van der Waals surface area contributed by atoms with Crippen LogP contribution in [0.1, 0.15) is 22.5 Å². The molecule has 4 rings (SSSR count). The van der Waals surface area contributed by atoms with Crippen LogP contribution in [0.15, 0.2) is 47.4 Å². The number of likely N-dealkylation sites (N-methyl/N-ethyl adjacent to an activating group) is 1. The summed E-state index contributed by atoms with van der Waals surface area (Å²) in [6.07, 6.45) is -0.954. The molecule has 3 aromatic rings. The molecule has 1 aliphatic heterocycles. The highest BCUT2D eigenvalue weighted by atomic mass is 19.4. The average Bonchev–Trinajstić information content (AvgIpc) is 3.56. The summed E-state index contributed by atoms with van der Waals surface area (Å²) in [5.41, 5.74) is -2.44. The van der Waals surface area contributed by atoms with Crippen molar-refractivity contribution < 1.29 is 41.5 Å². The molecule has 1 saturated heterocycles. The number of amides is 2. The van der Waals surface area contributed by atoms with Crippen molar-refractivity contribution >= 4 is 17.8 Å². The van der Waals surface area contributed by atoms with E-state index < -0.39 is 34.8 Å². The molecule has 0 radical (unpaired) electrons. The van der Waals surface area contributed by atoms with Crippen LogP contribution in [-0.2, 0) is 15.7 Å². The fourth-order valence-electron chi connectivity index (χ4n) is 3.52. The summed E-state index contributed by atoms with van der Waals surface area (Å²) >= 11 is 0. The van der Waals surface area contributed by atoms with Crippen molar-refractivity contribution in [3.8, 4) is 17.2 Å². The maximum Gasteiger partial charge on any atom is 0.420 e. The zero-order chi connectivity index (χ0) is 25.9. The number of carbonyl (C=O) groups is 2. The van der Waals surface area contributed by atoms with Gasteiger partial charge in [0, 0.05) is 26.1 Å². The normalized spacial score (nSPS) is 17.5. The molecule has 0 bridgehead atoms. The Morgan fingerprint density at radius 3 is 2.50 bits per heavy atom. The molecule has 0 saturated carbocycles. The van der Waals surface area contributed by atoms with E-state index >= 15 is 0 Å². The fraction of sp³-hybridized carbons (Fsp3) is 0.318. The van der Waals surface area contributed by atoms with Gasteiger partial charge in [-0.05, 0) is 18.2 Å². The van der Waals surface area contributed by atoms with Crippen molar-refractivity contribution in [2.45, 2.75) is 18.1 Å². The molecule has 1 aliphatic rings. The average molecular weight is 507 g/mol. The molecule has 1 N–H and O–H groups in total. The molecule has 14 heteroatoms. The number of nitrogens with zero attached hydrogens (tertiary/aromatic N) is 4. The van der Waals surface area contributed by atoms with Gasteiger partial charge < -0.3 is 24.1 Å². The number of rotatable bonds is 7. The molecule has 3 heterocycles. The van der Waals surface area contributed by atoms with Crippen molar-refractivity contribution in [3.05, 3.63) is 54.2 Å². The van der Waals surface area contributed by atoms with E-state index in [9.17, 15) is 22.8 Å². The third-order valence-corrected chi connectivity index (χ3v) is 5.38. The van der Waals surface area contributed by atoms with Gasteiger partial charge in [-0.3, -0.25) is 14.5 Å². The summed E-state index contributed by atoms with van der Waals surface area (Å²) in [7, 11) is 2.64. The second-order valence-corrected chi connectivity index (χ2v) is 7.76. The number of ether oxygens (including phenoxy) is 3. The Labute approximate surface area is 202 Å². The van der Waals surface area contributed by atoms with Gasteiger partial charge in [0.1, 0.15) is 22.6 Å². The number of hydrogen-bond donors (Lipinski definition) is 1. The summed E-state index contributed by atoms with van der Waals surface area (Å²) in [6, 6.07) is 4.60. The number of anilines is 1. The molecular weight excluding hydrogens is 487 g/mol. The van der Waals surface area contributed by atoms with Crippen molar-refractivity contribution in [1.82, 2.24) is 20.4 Å². The standard InChI is InChI=1S/C22H20F3N5O6/c1-30(19(32)21(6-8-34-12-21)29-18(31)17-5-7-28-36-17)20-26-10-14(11-27-20)35-16-4-3-13(33-2)9-15(16)22(23,24)25/h3-5,7,9-11H,6,8,12H2,1-2H3,(H,29,31). The van der Waals surface area contributed by atoms with E-state index in [-0.39, 0.29) is 42.8 Å². The minimum Gasteiger partial charge on any atom is -0.497 e. The second-order valence-electron chi connectivity index (χ2n) is 7.76. The highest BCUT2D eigenvalue weighted by molar-refractivity contribution is 6.03. The molecule has 1 fully saturated rings. The van der Waals surface area contributed by atoms with Gasteiger partial charge in [-0.15, -0.1) is 0 Å². The van der Waals surface area contributed by atoms with Crippen LogP contribution in [0.2, 0.25) is 0 Å². The lowest BCUT2D eigenvalue weighted by Crippen LogP contribution is -2.60. The molecule has 1 unspecified atom stereocenters. The van der Waals surface area contributed by atoms with Crippen LogP contribution < -0.4 is 19.7 Å². The Hall–Kier alpha value is -4.20. The first-order valence-electron chi connectivity index (χ1n) is 10.5. The highest BCUT2D eigenvalue weighted by Gasteiger charge is 2.46. The van der Waals surface area contributed by atoms with Gasteiger partial charge >= 0.3 is 6.18 Å². The third-order valence-electron chi connectivity index (χ3n) is 5.38. The zero-order valence-electron chi connectivity index (χ0n) is 19.0. The van der Waals surface area contributed by atoms with Crippen LogP contribution in [0.5, 0.6) is 17.2 Å². The molecule has 0 aliphatic carbocycles. The lowest BCUT2D eigenvalue weighted by Gasteiger charge is -2.30. The number of aromatic nitrogens is 3. The Morgan fingerprint density at radius 1 is 1.17 bits per heavy atom. The summed E-state index contributed by atoms with van der Waals surface area (Å²) in [6.45, 7) is 0.141. The van der Waals surface area contributed by atoms with E-state index in [2.05, 4.69) is 20.4 Å². The van der Waals surface area contributed by atoms with E-state index in [4.69, 9.17) is 18.7 Å². The predicted octanol–water partition coefficient (Wildman–Crippen LogP) is 2.84. The number of nitrogens with one attached hydrogen (secondary N) is 1. The minimum absolute atomic E-state index is 0.0154. The monoisotopic (exact) mass is 507 g/mol. The van der Waals surface area contributed by atoms with E-state index in [1.807, 2.05) is 0 Å². The number of carbonyl (C=O) groups excluding carboxylic acids is 2. The Balaban J connectivity index is 1.51. The lowest BCUT2D eigenvalue weighted by atomic mass is 9.96. The van der Waals surface area contributed by atoms with Crippen molar-refractivity contribution in [3.63, 3.8) is 0 Å². The van der Waals surface area contributed by atoms with Gasteiger partial charge in [0.25, 0.3) is 11.8 Å². The number of benzene rings is 1. The van der Waals surface area contributed by atoms with Gasteiger partial charge in [-0.1, -0.05) is 5.16 Å². The molecular formula is C22H20F3N5O6.